The molecule has 0 saturated heterocycles. The van der Waals surface area contributed by atoms with Crippen LogP contribution >= 0.6 is 11.6 Å². The first kappa shape index (κ1) is 13.0. The molecule has 1 aliphatic rings. The minimum atomic E-state index is -0.346. The van der Waals surface area contributed by atoms with E-state index in [1.165, 1.54) is 7.11 Å². The van der Waals surface area contributed by atoms with Crippen molar-refractivity contribution in [2.24, 2.45) is 5.41 Å². The molecule has 1 saturated carbocycles. The summed E-state index contributed by atoms with van der Waals surface area (Å²) >= 11 is 6.03. The number of carbonyl (C=O) groups excluding carboxylic acids is 1. The Bertz CT molecular complexity index is 458. The summed E-state index contributed by atoms with van der Waals surface area (Å²) in [6.07, 6.45) is 1.74. The maximum absolute atomic E-state index is 11.6. The van der Waals surface area contributed by atoms with Gasteiger partial charge in [0.2, 0.25) is 0 Å². The molecule has 0 heterocycles. The summed E-state index contributed by atoms with van der Waals surface area (Å²) in [5.74, 6) is 0.492. The highest BCUT2D eigenvalue weighted by Crippen LogP contribution is 2.46. The number of nitrogens with one attached hydrogen (secondary N) is 1. The highest BCUT2D eigenvalue weighted by Gasteiger charge is 2.50. The van der Waals surface area contributed by atoms with Crippen LogP contribution in [0.4, 0.5) is 5.69 Å². The van der Waals surface area contributed by atoms with Crippen LogP contribution in [0.5, 0.6) is 5.75 Å². The molecule has 0 atom stereocenters. The molecule has 0 aromatic heterocycles. The lowest BCUT2D eigenvalue weighted by Crippen LogP contribution is -2.25. The molecule has 5 heteroatoms. The topological polar surface area (TPSA) is 47.6 Å². The second-order valence-corrected chi connectivity index (χ2v) is 4.88. The SMILES string of the molecule is COC(=O)C1(CNc2ccc(OC)c(Cl)c2)CC1. The molecule has 1 aromatic carbocycles. The van der Waals surface area contributed by atoms with Gasteiger partial charge in [-0.05, 0) is 31.0 Å². The lowest BCUT2D eigenvalue weighted by Gasteiger charge is -2.15. The Morgan fingerprint density at radius 1 is 1.44 bits per heavy atom. The van der Waals surface area contributed by atoms with Crippen LogP contribution in [0.3, 0.4) is 0 Å². The van der Waals surface area contributed by atoms with Gasteiger partial charge in [-0.25, -0.2) is 0 Å². The van der Waals surface area contributed by atoms with Gasteiger partial charge in [0, 0.05) is 12.2 Å². The van der Waals surface area contributed by atoms with E-state index in [1.54, 1.807) is 19.2 Å². The summed E-state index contributed by atoms with van der Waals surface area (Å²) in [6, 6.07) is 5.45. The van der Waals surface area contributed by atoms with Crippen LogP contribution in [0.25, 0.3) is 0 Å². The lowest BCUT2D eigenvalue weighted by atomic mass is 10.1. The monoisotopic (exact) mass is 269 g/mol. The first-order valence-electron chi connectivity index (χ1n) is 5.77. The third kappa shape index (κ3) is 2.53. The fraction of sp³-hybridized carbons (Fsp3) is 0.462. The number of esters is 1. The van der Waals surface area contributed by atoms with Gasteiger partial charge in [0.05, 0.1) is 24.7 Å². The van der Waals surface area contributed by atoms with Crippen LogP contribution in [-0.4, -0.2) is 26.7 Å². The maximum atomic E-state index is 11.6. The molecule has 1 fully saturated rings. The quantitative estimate of drug-likeness (QED) is 0.835. The molecule has 18 heavy (non-hydrogen) atoms. The van der Waals surface area contributed by atoms with E-state index in [9.17, 15) is 4.79 Å². The van der Waals surface area contributed by atoms with Crippen molar-refractivity contribution in [3.63, 3.8) is 0 Å². The predicted molar refractivity (Wildman–Crippen MR) is 70.2 cm³/mol. The molecule has 0 unspecified atom stereocenters. The highest BCUT2D eigenvalue weighted by molar-refractivity contribution is 6.32. The molecule has 98 valence electrons. The molecule has 0 spiro atoms. The van der Waals surface area contributed by atoms with Crippen LogP contribution in [0.2, 0.25) is 5.02 Å². The lowest BCUT2D eigenvalue weighted by molar-refractivity contribution is -0.146. The Kier molecular flexibility index (Phi) is 3.66. The molecule has 0 aliphatic heterocycles. The van der Waals surface area contributed by atoms with Crippen molar-refractivity contribution in [2.45, 2.75) is 12.8 Å². The van der Waals surface area contributed by atoms with E-state index >= 15 is 0 Å². The van der Waals surface area contributed by atoms with Gasteiger partial charge >= 0.3 is 5.97 Å². The zero-order chi connectivity index (χ0) is 13.2. The number of benzene rings is 1. The number of methoxy groups -OCH3 is 2. The van der Waals surface area contributed by atoms with Gasteiger partial charge in [-0.15, -0.1) is 0 Å². The standard InChI is InChI=1S/C13H16ClNO3/c1-17-11-4-3-9(7-10(11)14)15-8-13(5-6-13)12(16)18-2/h3-4,7,15H,5-6,8H2,1-2H3. The molecule has 1 aromatic rings. The number of carbonyl (C=O) groups is 1. The minimum absolute atomic E-state index is 0.144. The fourth-order valence-corrected chi connectivity index (χ4v) is 2.13. The zero-order valence-electron chi connectivity index (χ0n) is 10.5. The molecule has 0 bridgehead atoms. The third-order valence-corrected chi connectivity index (χ3v) is 3.55. The molecule has 1 aliphatic carbocycles. The summed E-state index contributed by atoms with van der Waals surface area (Å²) in [5, 5.41) is 3.76. The van der Waals surface area contributed by atoms with Gasteiger partial charge in [0.25, 0.3) is 0 Å². The Hall–Kier alpha value is -1.42. The van der Waals surface area contributed by atoms with E-state index < -0.39 is 0 Å². The van der Waals surface area contributed by atoms with E-state index in [4.69, 9.17) is 21.1 Å². The Balaban J connectivity index is 1.99. The Morgan fingerprint density at radius 3 is 2.67 bits per heavy atom. The van der Waals surface area contributed by atoms with Crippen molar-refractivity contribution in [1.82, 2.24) is 0 Å². The maximum Gasteiger partial charge on any atom is 0.313 e. The fourth-order valence-electron chi connectivity index (χ4n) is 1.87. The number of rotatable bonds is 5. The first-order chi connectivity index (χ1) is 8.61. The predicted octanol–water partition coefficient (Wildman–Crippen LogP) is 2.71. The molecule has 2 rings (SSSR count). The van der Waals surface area contributed by atoms with Crippen LogP contribution < -0.4 is 10.1 Å². The summed E-state index contributed by atoms with van der Waals surface area (Å²) in [5.41, 5.74) is 0.525. The van der Waals surface area contributed by atoms with Crippen LogP contribution in [0.1, 0.15) is 12.8 Å². The van der Waals surface area contributed by atoms with E-state index in [1.807, 2.05) is 6.07 Å². The molecule has 0 radical (unpaired) electrons. The Morgan fingerprint density at radius 2 is 2.17 bits per heavy atom. The van der Waals surface area contributed by atoms with E-state index in [0.717, 1.165) is 18.5 Å². The number of hydrogen-bond acceptors (Lipinski definition) is 4. The second-order valence-electron chi connectivity index (χ2n) is 4.47. The van der Waals surface area contributed by atoms with Crippen molar-refractivity contribution in [3.8, 4) is 5.75 Å². The van der Waals surface area contributed by atoms with E-state index in [0.29, 0.717) is 17.3 Å². The van der Waals surface area contributed by atoms with Crippen LogP contribution in [0, 0.1) is 5.41 Å². The van der Waals surface area contributed by atoms with Crippen molar-refractivity contribution >= 4 is 23.3 Å². The summed E-state index contributed by atoms with van der Waals surface area (Å²) < 4.78 is 9.88. The van der Waals surface area contributed by atoms with Gasteiger partial charge in [0.1, 0.15) is 5.75 Å². The van der Waals surface area contributed by atoms with Gasteiger partial charge in [0.15, 0.2) is 0 Å². The average molecular weight is 270 g/mol. The van der Waals surface area contributed by atoms with Crippen molar-refractivity contribution in [1.29, 1.82) is 0 Å². The van der Waals surface area contributed by atoms with E-state index in [-0.39, 0.29) is 11.4 Å². The minimum Gasteiger partial charge on any atom is -0.495 e. The van der Waals surface area contributed by atoms with Gasteiger partial charge in [-0.2, -0.15) is 0 Å². The van der Waals surface area contributed by atoms with E-state index in [2.05, 4.69) is 5.32 Å². The summed E-state index contributed by atoms with van der Waals surface area (Å²) in [4.78, 5) is 11.6. The van der Waals surface area contributed by atoms with Crippen molar-refractivity contribution in [3.05, 3.63) is 23.2 Å². The average Bonchev–Trinajstić information content (AvgIpc) is 3.17. The van der Waals surface area contributed by atoms with Crippen LogP contribution in [0.15, 0.2) is 18.2 Å². The van der Waals surface area contributed by atoms with Crippen molar-refractivity contribution < 1.29 is 14.3 Å². The molecular formula is C13H16ClNO3. The molecule has 1 N–H and O–H groups in total. The summed E-state index contributed by atoms with van der Waals surface area (Å²) in [7, 11) is 3.00. The molecule has 4 nitrogen and oxygen atoms in total. The summed E-state index contributed by atoms with van der Waals surface area (Å²) in [6.45, 7) is 0.572. The third-order valence-electron chi connectivity index (χ3n) is 3.25. The number of ether oxygens (including phenoxy) is 2. The smallest absolute Gasteiger partial charge is 0.313 e. The Labute approximate surface area is 111 Å². The zero-order valence-corrected chi connectivity index (χ0v) is 11.2. The largest absolute Gasteiger partial charge is 0.495 e. The van der Waals surface area contributed by atoms with Crippen LogP contribution in [-0.2, 0) is 9.53 Å². The molecule has 0 amide bonds. The first-order valence-corrected chi connectivity index (χ1v) is 6.15. The number of hydrogen-bond donors (Lipinski definition) is 1. The highest BCUT2D eigenvalue weighted by atomic mass is 35.5. The van der Waals surface area contributed by atoms with Gasteiger partial charge < -0.3 is 14.8 Å². The van der Waals surface area contributed by atoms with Gasteiger partial charge in [-0.1, -0.05) is 11.6 Å². The number of anilines is 1. The number of halogens is 1. The van der Waals surface area contributed by atoms with Gasteiger partial charge in [-0.3, -0.25) is 4.79 Å². The molecular weight excluding hydrogens is 254 g/mol. The second kappa shape index (κ2) is 5.06. The normalized spacial score (nSPS) is 15.9. The van der Waals surface area contributed by atoms with Crippen molar-refractivity contribution in [2.75, 3.05) is 26.1 Å².